The molecule has 5 nitrogen and oxygen atoms in total. The van der Waals surface area contributed by atoms with Gasteiger partial charge in [0.2, 0.25) is 5.91 Å². The minimum absolute atomic E-state index is 0.0382. The number of halogens is 2. The maximum atomic E-state index is 13.2. The number of nitrogens with two attached hydrogens (primary N) is 1. The largest absolute Gasteiger partial charge is 0.409 e. The van der Waals surface area contributed by atoms with Gasteiger partial charge in [0.05, 0.1) is 5.02 Å². The number of oxime groups is 1. The van der Waals surface area contributed by atoms with E-state index in [4.69, 9.17) is 22.5 Å². The molecule has 0 fully saturated rings. The SMILES string of the molecule is CC(C)(C(=O)Nc1ccc(Cl)c(F)c1)C(N)=NO. The van der Waals surface area contributed by atoms with E-state index in [1.807, 2.05) is 0 Å². The summed E-state index contributed by atoms with van der Waals surface area (Å²) in [6.45, 7) is 2.95. The number of hydrogen-bond acceptors (Lipinski definition) is 3. The standard InChI is InChI=1S/C11H13ClFN3O2/c1-11(2,9(14)16-18)10(17)15-6-3-4-7(12)8(13)5-6/h3-5,18H,1-2H3,(H2,14,16)(H,15,17). The first kappa shape index (κ1) is 14.2. The van der Waals surface area contributed by atoms with Crippen molar-refractivity contribution >= 4 is 29.0 Å². The Bertz CT molecular complexity index is 503. The zero-order chi connectivity index (χ0) is 13.9. The highest BCUT2D eigenvalue weighted by molar-refractivity contribution is 6.30. The lowest BCUT2D eigenvalue weighted by atomic mass is 9.91. The van der Waals surface area contributed by atoms with E-state index in [0.29, 0.717) is 0 Å². The van der Waals surface area contributed by atoms with Crippen LogP contribution in [-0.4, -0.2) is 17.0 Å². The minimum atomic E-state index is -1.22. The second kappa shape index (κ2) is 5.22. The van der Waals surface area contributed by atoms with Gasteiger partial charge in [-0.05, 0) is 32.0 Å². The lowest BCUT2D eigenvalue weighted by Crippen LogP contribution is -2.42. The molecular weight excluding hydrogens is 261 g/mol. The van der Waals surface area contributed by atoms with Crippen LogP contribution in [0.1, 0.15) is 13.8 Å². The molecule has 0 atom stereocenters. The van der Waals surface area contributed by atoms with Gasteiger partial charge in [-0.15, -0.1) is 0 Å². The highest BCUT2D eigenvalue weighted by atomic mass is 35.5. The summed E-state index contributed by atoms with van der Waals surface area (Å²) in [5, 5.41) is 13.8. The molecule has 0 saturated carbocycles. The lowest BCUT2D eigenvalue weighted by molar-refractivity contribution is -0.121. The summed E-state index contributed by atoms with van der Waals surface area (Å²) >= 11 is 5.52. The molecule has 0 aliphatic rings. The van der Waals surface area contributed by atoms with Crippen molar-refractivity contribution in [2.24, 2.45) is 16.3 Å². The quantitative estimate of drug-likeness (QED) is 0.341. The Morgan fingerprint density at radius 2 is 2.17 bits per heavy atom. The molecule has 0 aliphatic carbocycles. The Kier molecular flexibility index (Phi) is 4.13. The third-order valence-electron chi connectivity index (χ3n) is 2.49. The van der Waals surface area contributed by atoms with Crippen molar-refractivity contribution in [3.05, 3.63) is 29.0 Å². The molecule has 4 N–H and O–H groups in total. The molecule has 1 amide bonds. The van der Waals surface area contributed by atoms with Crippen molar-refractivity contribution in [1.82, 2.24) is 0 Å². The first-order valence-electron chi connectivity index (χ1n) is 5.03. The van der Waals surface area contributed by atoms with Gasteiger partial charge in [-0.25, -0.2) is 4.39 Å². The molecule has 0 saturated heterocycles. The highest BCUT2D eigenvalue weighted by Crippen LogP contribution is 2.22. The first-order valence-corrected chi connectivity index (χ1v) is 5.41. The van der Waals surface area contributed by atoms with E-state index in [-0.39, 0.29) is 16.5 Å². The van der Waals surface area contributed by atoms with Crippen molar-refractivity contribution in [3.63, 3.8) is 0 Å². The molecule has 1 aromatic carbocycles. The molecule has 0 radical (unpaired) electrons. The third kappa shape index (κ3) is 2.89. The number of nitrogens with one attached hydrogen (secondary N) is 1. The second-order valence-electron chi connectivity index (χ2n) is 4.19. The first-order chi connectivity index (χ1) is 8.28. The lowest BCUT2D eigenvalue weighted by Gasteiger charge is -2.21. The average molecular weight is 274 g/mol. The zero-order valence-electron chi connectivity index (χ0n) is 9.87. The Hall–Kier alpha value is -1.82. The van der Waals surface area contributed by atoms with Crippen molar-refractivity contribution < 1.29 is 14.4 Å². The fourth-order valence-corrected chi connectivity index (χ4v) is 1.22. The molecular formula is C11H13ClFN3O2. The van der Waals surface area contributed by atoms with Crippen LogP contribution in [0.25, 0.3) is 0 Å². The van der Waals surface area contributed by atoms with E-state index in [1.54, 1.807) is 0 Å². The Morgan fingerprint density at radius 1 is 1.56 bits per heavy atom. The van der Waals surface area contributed by atoms with Crippen LogP contribution in [0.5, 0.6) is 0 Å². The zero-order valence-corrected chi connectivity index (χ0v) is 10.6. The molecule has 0 unspecified atom stereocenters. The van der Waals surface area contributed by atoms with E-state index in [2.05, 4.69) is 10.5 Å². The monoisotopic (exact) mass is 273 g/mol. The molecule has 7 heteroatoms. The number of hydrogen-bond donors (Lipinski definition) is 3. The highest BCUT2D eigenvalue weighted by Gasteiger charge is 2.32. The predicted octanol–water partition coefficient (Wildman–Crippen LogP) is 2.19. The van der Waals surface area contributed by atoms with Crippen LogP contribution < -0.4 is 11.1 Å². The van der Waals surface area contributed by atoms with Crippen molar-refractivity contribution in [1.29, 1.82) is 0 Å². The van der Waals surface area contributed by atoms with E-state index < -0.39 is 17.1 Å². The maximum absolute atomic E-state index is 13.2. The van der Waals surface area contributed by atoms with E-state index in [0.717, 1.165) is 6.07 Å². The average Bonchev–Trinajstić information content (AvgIpc) is 2.32. The predicted molar refractivity (Wildman–Crippen MR) is 67.2 cm³/mol. The Morgan fingerprint density at radius 3 is 2.67 bits per heavy atom. The van der Waals surface area contributed by atoms with Gasteiger partial charge in [0, 0.05) is 5.69 Å². The van der Waals surface area contributed by atoms with Crippen LogP contribution in [0.15, 0.2) is 23.4 Å². The fraction of sp³-hybridized carbons (Fsp3) is 0.273. The van der Waals surface area contributed by atoms with Gasteiger partial charge >= 0.3 is 0 Å². The summed E-state index contributed by atoms with van der Waals surface area (Å²) < 4.78 is 13.2. The second-order valence-corrected chi connectivity index (χ2v) is 4.60. The fourth-order valence-electron chi connectivity index (χ4n) is 1.10. The normalized spacial score (nSPS) is 12.3. The number of anilines is 1. The van der Waals surface area contributed by atoms with E-state index in [1.165, 1.54) is 26.0 Å². The molecule has 1 rings (SSSR count). The number of rotatable bonds is 3. The number of amides is 1. The molecule has 0 spiro atoms. The molecule has 98 valence electrons. The van der Waals surface area contributed by atoms with Crippen LogP contribution in [0.3, 0.4) is 0 Å². The van der Waals surface area contributed by atoms with Crippen LogP contribution in [0.4, 0.5) is 10.1 Å². The number of nitrogens with zero attached hydrogens (tertiary/aromatic N) is 1. The van der Waals surface area contributed by atoms with Crippen molar-refractivity contribution in [2.45, 2.75) is 13.8 Å². The summed E-state index contributed by atoms with van der Waals surface area (Å²) in [6, 6.07) is 3.86. The number of carbonyl (C=O) groups is 1. The topological polar surface area (TPSA) is 87.7 Å². The smallest absolute Gasteiger partial charge is 0.237 e. The Labute approximate surface area is 108 Å². The van der Waals surface area contributed by atoms with Gasteiger partial charge in [-0.2, -0.15) is 0 Å². The minimum Gasteiger partial charge on any atom is -0.409 e. The molecule has 0 aliphatic heterocycles. The third-order valence-corrected chi connectivity index (χ3v) is 2.80. The van der Waals surface area contributed by atoms with Crippen LogP contribution in [0.2, 0.25) is 5.02 Å². The van der Waals surface area contributed by atoms with Gasteiger partial charge in [0.15, 0.2) is 5.84 Å². The summed E-state index contributed by atoms with van der Waals surface area (Å²) in [6.07, 6.45) is 0. The van der Waals surface area contributed by atoms with Crippen LogP contribution >= 0.6 is 11.6 Å². The molecule has 0 bridgehead atoms. The van der Waals surface area contributed by atoms with E-state index in [9.17, 15) is 9.18 Å². The Balaban J connectivity index is 2.91. The van der Waals surface area contributed by atoms with Gasteiger partial charge < -0.3 is 16.3 Å². The summed E-state index contributed by atoms with van der Waals surface area (Å²) in [5.41, 5.74) is 4.42. The van der Waals surface area contributed by atoms with Crippen LogP contribution in [-0.2, 0) is 4.79 Å². The van der Waals surface area contributed by atoms with Crippen molar-refractivity contribution in [2.75, 3.05) is 5.32 Å². The molecule has 1 aromatic rings. The number of carbonyl (C=O) groups excluding carboxylic acids is 1. The van der Waals surface area contributed by atoms with Crippen LogP contribution in [0, 0.1) is 11.2 Å². The summed E-state index contributed by atoms with van der Waals surface area (Å²) in [7, 11) is 0. The number of benzene rings is 1. The number of amidine groups is 1. The van der Waals surface area contributed by atoms with E-state index >= 15 is 0 Å². The molecule has 0 aromatic heterocycles. The summed E-state index contributed by atoms with van der Waals surface area (Å²) in [4.78, 5) is 11.9. The molecule has 18 heavy (non-hydrogen) atoms. The van der Waals surface area contributed by atoms with Gasteiger partial charge in [-0.3, -0.25) is 4.79 Å². The maximum Gasteiger partial charge on any atom is 0.237 e. The summed E-state index contributed by atoms with van der Waals surface area (Å²) in [5.74, 6) is -1.41. The van der Waals surface area contributed by atoms with Gasteiger partial charge in [0.25, 0.3) is 0 Å². The van der Waals surface area contributed by atoms with Crippen molar-refractivity contribution in [3.8, 4) is 0 Å². The van der Waals surface area contributed by atoms with Gasteiger partial charge in [-0.1, -0.05) is 16.8 Å². The van der Waals surface area contributed by atoms with Gasteiger partial charge in [0.1, 0.15) is 11.2 Å². The molecule has 0 heterocycles.